The lowest BCUT2D eigenvalue weighted by atomic mass is 10.1. The van der Waals surface area contributed by atoms with E-state index in [-0.39, 0.29) is 33.8 Å². The SMILES string of the molecule is O=C(Nc1ccc(NC(=O)C2CC2)cc1F)c1cc(NC(=O)C2C(c3cc(Cl)cc(Cl)c3)C2(Cl)Cl)ccc1Cl. The predicted octanol–water partition coefficient (Wildman–Crippen LogP) is 7.91. The molecule has 3 amide bonds. The molecule has 2 aliphatic carbocycles. The van der Waals surface area contributed by atoms with Crippen molar-refractivity contribution in [1.29, 1.82) is 0 Å². The van der Waals surface area contributed by atoms with Crippen LogP contribution < -0.4 is 16.0 Å². The second kappa shape index (κ2) is 10.8. The molecule has 12 heteroatoms. The summed E-state index contributed by atoms with van der Waals surface area (Å²) in [6.45, 7) is 0. The van der Waals surface area contributed by atoms with Gasteiger partial charge in [-0.3, -0.25) is 14.4 Å². The summed E-state index contributed by atoms with van der Waals surface area (Å²) in [6.07, 6.45) is 1.64. The molecule has 0 aromatic heterocycles. The Balaban J connectivity index is 1.27. The van der Waals surface area contributed by atoms with Crippen molar-refractivity contribution in [2.45, 2.75) is 23.1 Å². The van der Waals surface area contributed by atoms with Crippen LogP contribution in [0.15, 0.2) is 54.6 Å². The quantitative estimate of drug-likeness (QED) is 0.232. The third-order valence-electron chi connectivity index (χ3n) is 6.49. The van der Waals surface area contributed by atoms with Gasteiger partial charge in [-0.05, 0) is 73.0 Å². The van der Waals surface area contributed by atoms with Gasteiger partial charge in [0.25, 0.3) is 5.91 Å². The van der Waals surface area contributed by atoms with Crippen LogP contribution in [0.5, 0.6) is 0 Å². The third kappa shape index (κ3) is 6.13. The first-order valence-corrected chi connectivity index (χ1v) is 13.7. The molecule has 202 valence electrons. The van der Waals surface area contributed by atoms with E-state index in [1.54, 1.807) is 18.2 Å². The lowest BCUT2D eigenvalue weighted by Gasteiger charge is -2.12. The van der Waals surface area contributed by atoms with Crippen LogP contribution in [0.1, 0.15) is 34.7 Å². The molecule has 0 radical (unpaired) electrons. The highest BCUT2D eigenvalue weighted by molar-refractivity contribution is 6.53. The van der Waals surface area contributed by atoms with Gasteiger partial charge in [0.15, 0.2) is 0 Å². The molecule has 39 heavy (non-hydrogen) atoms. The van der Waals surface area contributed by atoms with Gasteiger partial charge in [-0.1, -0.05) is 34.8 Å². The van der Waals surface area contributed by atoms with Crippen molar-refractivity contribution in [3.05, 3.63) is 86.6 Å². The van der Waals surface area contributed by atoms with Gasteiger partial charge < -0.3 is 16.0 Å². The Hall–Kier alpha value is -2.55. The van der Waals surface area contributed by atoms with Gasteiger partial charge in [0, 0.05) is 33.3 Å². The van der Waals surface area contributed by atoms with E-state index in [1.807, 2.05) is 0 Å². The van der Waals surface area contributed by atoms with Crippen molar-refractivity contribution in [2.75, 3.05) is 16.0 Å². The van der Waals surface area contributed by atoms with Gasteiger partial charge in [0.05, 0.1) is 22.2 Å². The second-order valence-corrected chi connectivity index (χ2v) is 12.2. The zero-order valence-corrected chi connectivity index (χ0v) is 23.6. The average molecular weight is 630 g/mol. The molecule has 2 saturated carbocycles. The molecular formula is C27H19Cl5FN3O3. The molecule has 0 spiro atoms. The maximum Gasteiger partial charge on any atom is 0.257 e. The highest BCUT2D eigenvalue weighted by Gasteiger charge is 2.67. The van der Waals surface area contributed by atoms with Crippen molar-refractivity contribution < 1.29 is 18.8 Å². The molecule has 0 aliphatic heterocycles. The summed E-state index contributed by atoms with van der Waals surface area (Å²) < 4.78 is 13.3. The summed E-state index contributed by atoms with van der Waals surface area (Å²) in [5.41, 5.74) is 1.06. The van der Waals surface area contributed by atoms with Gasteiger partial charge in [0.1, 0.15) is 10.2 Å². The molecule has 0 heterocycles. The summed E-state index contributed by atoms with van der Waals surface area (Å²) in [5.74, 6) is -3.47. The molecule has 2 atom stereocenters. The van der Waals surface area contributed by atoms with Crippen molar-refractivity contribution in [3.63, 3.8) is 0 Å². The molecule has 5 rings (SSSR count). The molecule has 3 N–H and O–H groups in total. The zero-order chi connectivity index (χ0) is 28.1. The maximum atomic E-state index is 14.6. The topological polar surface area (TPSA) is 87.3 Å². The van der Waals surface area contributed by atoms with E-state index in [4.69, 9.17) is 58.0 Å². The number of amides is 3. The molecule has 2 fully saturated rings. The Bertz CT molecular complexity index is 1490. The number of hydrogen-bond donors (Lipinski definition) is 3. The normalized spacial score (nSPS) is 19.2. The fourth-order valence-corrected chi connectivity index (χ4v) is 5.87. The number of anilines is 3. The van der Waals surface area contributed by atoms with Crippen molar-refractivity contribution >= 4 is 92.8 Å². The highest BCUT2D eigenvalue weighted by Crippen LogP contribution is 2.65. The van der Waals surface area contributed by atoms with E-state index in [1.165, 1.54) is 30.3 Å². The smallest absolute Gasteiger partial charge is 0.257 e. The molecule has 0 saturated heterocycles. The van der Waals surface area contributed by atoms with Gasteiger partial charge in [-0.25, -0.2) is 4.39 Å². The Kier molecular flexibility index (Phi) is 7.74. The molecule has 2 unspecified atom stereocenters. The molecule has 2 aliphatic rings. The fourth-order valence-electron chi connectivity index (χ4n) is 4.29. The summed E-state index contributed by atoms with van der Waals surface area (Å²) in [4.78, 5) is 37.9. The largest absolute Gasteiger partial charge is 0.326 e. The van der Waals surface area contributed by atoms with E-state index < -0.39 is 33.8 Å². The Morgan fingerprint density at radius 1 is 0.795 bits per heavy atom. The minimum atomic E-state index is -1.38. The standard InChI is InChI=1S/C27H19Cl5FN3O3/c28-14-7-13(8-15(29)9-14)22-23(27(22,31)32)26(39)35-16-3-5-19(30)18(10-16)25(38)36-21-6-4-17(11-20(21)33)34-24(37)12-1-2-12/h3-12,22-23H,1-2H2,(H,34,37)(H,35,39)(H,36,38). The molecule has 6 nitrogen and oxygen atoms in total. The Morgan fingerprint density at radius 2 is 1.41 bits per heavy atom. The molecule has 0 bridgehead atoms. The fraction of sp³-hybridized carbons (Fsp3) is 0.222. The Morgan fingerprint density at radius 3 is 2.05 bits per heavy atom. The van der Waals surface area contributed by atoms with E-state index in [9.17, 15) is 18.8 Å². The van der Waals surface area contributed by atoms with E-state index in [0.717, 1.165) is 18.9 Å². The first kappa shape index (κ1) is 28.0. The number of hydrogen-bond acceptors (Lipinski definition) is 3. The summed E-state index contributed by atoms with van der Waals surface area (Å²) in [5, 5.41) is 8.66. The van der Waals surface area contributed by atoms with Crippen LogP contribution in [-0.2, 0) is 9.59 Å². The maximum absolute atomic E-state index is 14.6. The number of alkyl halides is 2. The van der Waals surface area contributed by atoms with Crippen LogP contribution in [0.2, 0.25) is 15.1 Å². The lowest BCUT2D eigenvalue weighted by molar-refractivity contribution is -0.118. The molecular weight excluding hydrogens is 611 g/mol. The monoisotopic (exact) mass is 627 g/mol. The van der Waals surface area contributed by atoms with E-state index in [2.05, 4.69) is 16.0 Å². The summed E-state index contributed by atoms with van der Waals surface area (Å²) in [7, 11) is 0. The number of nitrogens with one attached hydrogen (secondary N) is 3. The van der Waals surface area contributed by atoms with E-state index >= 15 is 0 Å². The van der Waals surface area contributed by atoms with Gasteiger partial charge in [0.2, 0.25) is 11.8 Å². The first-order chi connectivity index (χ1) is 18.4. The molecule has 3 aromatic carbocycles. The van der Waals surface area contributed by atoms with Gasteiger partial charge in [-0.15, -0.1) is 23.2 Å². The number of halogens is 6. The van der Waals surface area contributed by atoms with Crippen molar-refractivity contribution in [2.24, 2.45) is 11.8 Å². The molecule has 3 aromatic rings. The third-order valence-corrected chi connectivity index (χ3v) is 8.20. The van der Waals surface area contributed by atoms with Crippen LogP contribution >= 0.6 is 58.0 Å². The van der Waals surface area contributed by atoms with Crippen LogP contribution in [0, 0.1) is 17.7 Å². The number of carbonyl (C=O) groups is 3. The van der Waals surface area contributed by atoms with Crippen LogP contribution in [0.25, 0.3) is 0 Å². The summed E-state index contributed by atoms with van der Waals surface area (Å²) >= 11 is 31.2. The number of carbonyl (C=O) groups excluding carboxylic acids is 3. The van der Waals surface area contributed by atoms with Crippen molar-refractivity contribution in [1.82, 2.24) is 0 Å². The lowest BCUT2D eigenvalue weighted by Crippen LogP contribution is -2.18. The summed E-state index contributed by atoms with van der Waals surface area (Å²) in [6, 6.07) is 13.1. The minimum absolute atomic E-state index is 0.00282. The van der Waals surface area contributed by atoms with Crippen LogP contribution in [0.4, 0.5) is 21.5 Å². The number of benzene rings is 3. The number of rotatable bonds is 7. The highest BCUT2D eigenvalue weighted by atomic mass is 35.5. The second-order valence-electron chi connectivity index (χ2n) is 9.43. The predicted molar refractivity (Wildman–Crippen MR) is 153 cm³/mol. The van der Waals surface area contributed by atoms with Crippen LogP contribution in [0.3, 0.4) is 0 Å². The average Bonchev–Trinajstić information content (AvgIpc) is 3.77. The Labute approximate surface area is 248 Å². The zero-order valence-electron chi connectivity index (χ0n) is 19.8. The minimum Gasteiger partial charge on any atom is -0.326 e. The van der Waals surface area contributed by atoms with Crippen LogP contribution in [-0.4, -0.2) is 22.1 Å². The van der Waals surface area contributed by atoms with Crippen molar-refractivity contribution in [3.8, 4) is 0 Å². The van der Waals surface area contributed by atoms with Gasteiger partial charge >= 0.3 is 0 Å². The van der Waals surface area contributed by atoms with E-state index in [0.29, 0.717) is 21.3 Å². The van der Waals surface area contributed by atoms with Gasteiger partial charge in [-0.2, -0.15) is 0 Å². The first-order valence-electron chi connectivity index (χ1n) is 11.8.